The number of carbonyl (C=O) groups excluding carboxylic acids is 1. The summed E-state index contributed by atoms with van der Waals surface area (Å²) in [5.41, 5.74) is 6.53. The van der Waals surface area contributed by atoms with Crippen molar-refractivity contribution >= 4 is 23.2 Å². The second kappa shape index (κ2) is 5.56. The van der Waals surface area contributed by atoms with Gasteiger partial charge in [-0.25, -0.2) is 0 Å². The molecule has 1 aromatic carbocycles. The Morgan fingerprint density at radius 2 is 2.39 bits per heavy atom. The Balaban J connectivity index is 2.26. The molecule has 6 heteroatoms. The number of morpholine rings is 1. The summed E-state index contributed by atoms with van der Waals surface area (Å²) in [5, 5.41) is 9.71. The summed E-state index contributed by atoms with van der Waals surface area (Å²) in [6, 6.07) is 4.45. The van der Waals surface area contributed by atoms with Crippen molar-refractivity contribution in [2.24, 2.45) is 0 Å². The predicted octanol–water partition coefficient (Wildman–Crippen LogP) is 0.756. The van der Waals surface area contributed by atoms with Gasteiger partial charge < -0.3 is 20.5 Å². The van der Waals surface area contributed by atoms with E-state index in [0.29, 0.717) is 36.0 Å². The molecule has 1 fully saturated rings. The number of halogens is 1. The molecule has 1 aliphatic heterocycles. The Kier molecular flexibility index (Phi) is 4.06. The lowest BCUT2D eigenvalue weighted by molar-refractivity contribution is -0.0183. The third-order valence-electron chi connectivity index (χ3n) is 2.94. The van der Waals surface area contributed by atoms with Gasteiger partial charge >= 0.3 is 0 Å². The minimum Gasteiger partial charge on any atom is -0.398 e. The average molecular weight is 271 g/mol. The van der Waals surface area contributed by atoms with E-state index in [-0.39, 0.29) is 18.6 Å². The van der Waals surface area contributed by atoms with E-state index in [1.54, 1.807) is 23.1 Å². The van der Waals surface area contributed by atoms with Crippen LogP contribution in [0.5, 0.6) is 0 Å². The molecule has 1 aromatic rings. The second-order valence-electron chi connectivity index (χ2n) is 4.14. The number of hydrogen-bond acceptors (Lipinski definition) is 4. The maximum Gasteiger partial charge on any atom is 0.256 e. The highest BCUT2D eigenvalue weighted by molar-refractivity contribution is 6.31. The highest BCUT2D eigenvalue weighted by Gasteiger charge is 2.28. The van der Waals surface area contributed by atoms with E-state index in [1.165, 1.54) is 0 Å². The van der Waals surface area contributed by atoms with Gasteiger partial charge in [-0.05, 0) is 18.2 Å². The van der Waals surface area contributed by atoms with Gasteiger partial charge in [0.25, 0.3) is 5.91 Å². The highest BCUT2D eigenvalue weighted by Crippen LogP contribution is 2.21. The van der Waals surface area contributed by atoms with Crippen LogP contribution in [0.1, 0.15) is 10.4 Å². The number of aliphatic hydroxyl groups excluding tert-OH is 1. The fraction of sp³-hybridized carbons (Fsp3) is 0.417. The largest absolute Gasteiger partial charge is 0.398 e. The van der Waals surface area contributed by atoms with E-state index in [2.05, 4.69) is 0 Å². The van der Waals surface area contributed by atoms with E-state index in [4.69, 9.17) is 22.1 Å². The number of anilines is 1. The minimum atomic E-state index is -0.329. The first-order chi connectivity index (χ1) is 8.63. The van der Waals surface area contributed by atoms with Crippen molar-refractivity contribution in [2.75, 3.05) is 32.1 Å². The smallest absolute Gasteiger partial charge is 0.256 e. The van der Waals surface area contributed by atoms with Crippen molar-refractivity contribution in [2.45, 2.75) is 6.04 Å². The number of rotatable bonds is 2. The number of amides is 1. The molecule has 0 aliphatic carbocycles. The van der Waals surface area contributed by atoms with Gasteiger partial charge in [-0.3, -0.25) is 4.79 Å². The molecule has 5 nitrogen and oxygen atoms in total. The molecular weight excluding hydrogens is 256 g/mol. The number of carbonyl (C=O) groups is 1. The number of hydrogen-bond donors (Lipinski definition) is 2. The van der Waals surface area contributed by atoms with Crippen LogP contribution in [0.25, 0.3) is 0 Å². The van der Waals surface area contributed by atoms with Crippen LogP contribution < -0.4 is 5.73 Å². The lowest BCUT2D eigenvalue weighted by atomic mass is 10.1. The summed E-state index contributed by atoms with van der Waals surface area (Å²) in [4.78, 5) is 13.9. The molecule has 18 heavy (non-hydrogen) atoms. The molecule has 2 rings (SSSR count). The molecule has 0 radical (unpaired) electrons. The van der Waals surface area contributed by atoms with Gasteiger partial charge in [-0.1, -0.05) is 11.6 Å². The summed E-state index contributed by atoms with van der Waals surface area (Å²) < 4.78 is 5.23. The van der Waals surface area contributed by atoms with E-state index in [1.807, 2.05) is 0 Å². The molecule has 3 N–H and O–H groups in total. The highest BCUT2D eigenvalue weighted by atomic mass is 35.5. The van der Waals surface area contributed by atoms with Gasteiger partial charge in [0.1, 0.15) is 0 Å². The summed E-state index contributed by atoms with van der Waals surface area (Å²) in [6.45, 7) is 1.10. The van der Waals surface area contributed by atoms with Crippen LogP contribution in [0.4, 0.5) is 5.69 Å². The minimum absolute atomic E-state index is 0.133. The number of aliphatic hydroxyl groups is 1. The Morgan fingerprint density at radius 1 is 1.61 bits per heavy atom. The van der Waals surface area contributed by atoms with Crippen LogP contribution in [0.3, 0.4) is 0 Å². The van der Waals surface area contributed by atoms with Crippen molar-refractivity contribution in [1.29, 1.82) is 0 Å². The first kappa shape index (κ1) is 13.1. The normalized spacial score (nSPS) is 19.9. The van der Waals surface area contributed by atoms with Crippen molar-refractivity contribution < 1.29 is 14.6 Å². The number of nitrogens with two attached hydrogens (primary N) is 1. The maximum absolute atomic E-state index is 12.4. The number of ether oxygens (including phenoxy) is 1. The zero-order chi connectivity index (χ0) is 13.1. The molecule has 1 atom stereocenters. The SMILES string of the molecule is Nc1ccc(Cl)cc1C(=O)N1CCOCC1CO. The molecule has 1 saturated heterocycles. The van der Waals surface area contributed by atoms with Crippen LogP contribution in [0.15, 0.2) is 18.2 Å². The van der Waals surface area contributed by atoms with Gasteiger partial charge in [0.05, 0.1) is 31.4 Å². The summed E-state index contributed by atoms with van der Waals surface area (Å²) >= 11 is 5.87. The van der Waals surface area contributed by atoms with Crippen LogP contribution in [-0.2, 0) is 4.74 Å². The third kappa shape index (κ3) is 2.58. The maximum atomic E-state index is 12.4. The van der Waals surface area contributed by atoms with Crippen LogP contribution in [0, 0.1) is 0 Å². The predicted molar refractivity (Wildman–Crippen MR) is 68.6 cm³/mol. The third-order valence-corrected chi connectivity index (χ3v) is 3.18. The van der Waals surface area contributed by atoms with Gasteiger partial charge in [0, 0.05) is 17.3 Å². The van der Waals surface area contributed by atoms with Gasteiger partial charge in [-0.15, -0.1) is 0 Å². The fourth-order valence-corrected chi connectivity index (χ4v) is 2.11. The zero-order valence-electron chi connectivity index (χ0n) is 9.80. The van der Waals surface area contributed by atoms with Crippen LogP contribution >= 0.6 is 11.6 Å². The van der Waals surface area contributed by atoms with Crippen LogP contribution in [-0.4, -0.2) is 48.3 Å². The number of nitrogens with zero attached hydrogens (tertiary/aromatic N) is 1. The van der Waals surface area contributed by atoms with E-state index >= 15 is 0 Å². The average Bonchev–Trinajstić information content (AvgIpc) is 2.40. The second-order valence-corrected chi connectivity index (χ2v) is 4.58. The molecule has 0 bridgehead atoms. The number of benzene rings is 1. The van der Waals surface area contributed by atoms with Crippen molar-refractivity contribution in [3.8, 4) is 0 Å². The molecule has 0 aromatic heterocycles. The first-order valence-corrected chi connectivity index (χ1v) is 6.06. The Bertz CT molecular complexity index is 453. The van der Waals surface area contributed by atoms with E-state index in [9.17, 15) is 9.90 Å². The Morgan fingerprint density at radius 3 is 3.11 bits per heavy atom. The van der Waals surface area contributed by atoms with E-state index in [0.717, 1.165) is 0 Å². The first-order valence-electron chi connectivity index (χ1n) is 5.68. The molecule has 1 unspecified atom stereocenters. The molecule has 0 spiro atoms. The van der Waals surface area contributed by atoms with Crippen molar-refractivity contribution in [1.82, 2.24) is 4.90 Å². The van der Waals surface area contributed by atoms with E-state index < -0.39 is 0 Å². The summed E-state index contributed by atoms with van der Waals surface area (Å²) in [6.07, 6.45) is 0. The van der Waals surface area contributed by atoms with Gasteiger partial charge in [0.15, 0.2) is 0 Å². The molecule has 1 aliphatic rings. The lowest BCUT2D eigenvalue weighted by Gasteiger charge is -2.34. The molecule has 1 heterocycles. The Hall–Kier alpha value is -1.30. The van der Waals surface area contributed by atoms with Gasteiger partial charge in [0.2, 0.25) is 0 Å². The quantitative estimate of drug-likeness (QED) is 0.778. The fourth-order valence-electron chi connectivity index (χ4n) is 1.94. The standard InChI is InChI=1S/C12H15ClN2O3/c13-8-1-2-11(14)10(5-8)12(17)15-3-4-18-7-9(15)6-16/h1-2,5,9,16H,3-4,6-7,14H2. The number of nitrogen functional groups attached to an aromatic ring is 1. The summed E-state index contributed by atoms with van der Waals surface area (Å²) in [5.74, 6) is -0.225. The molecule has 0 saturated carbocycles. The van der Waals surface area contributed by atoms with Gasteiger partial charge in [-0.2, -0.15) is 0 Å². The van der Waals surface area contributed by atoms with Crippen molar-refractivity contribution in [3.05, 3.63) is 28.8 Å². The topological polar surface area (TPSA) is 75.8 Å². The lowest BCUT2D eigenvalue weighted by Crippen LogP contribution is -2.50. The molecule has 1 amide bonds. The summed E-state index contributed by atoms with van der Waals surface area (Å²) in [7, 11) is 0. The zero-order valence-corrected chi connectivity index (χ0v) is 10.6. The molecule has 98 valence electrons. The molecular formula is C12H15ClN2O3. The van der Waals surface area contributed by atoms with Crippen LogP contribution in [0.2, 0.25) is 5.02 Å². The monoisotopic (exact) mass is 270 g/mol. The van der Waals surface area contributed by atoms with Crippen molar-refractivity contribution in [3.63, 3.8) is 0 Å². The Labute approximate surface area is 110 Å².